The normalized spacial score (nSPS) is 19.6. The lowest BCUT2D eigenvalue weighted by Gasteiger charge is -2.26. The van der Waals surface area contributed by atoms with Crippen molar-refractivity contribution in [2.45, 2.75) is 11.8 Å². The van der Waals surface area contributed by atoms with Crippen molar-refractivity contribution in [2.24, 2.45) is 0 Å². The van der Waals surface area contributed by atoms with Gasteiger partial charge in [0, 0.05) is 30.5 Å². The SMILES string of the molecule is Cc1cnc(C=C2C(=O)Nc3cccc(S(=O)(=O)N4CCOCC4)c32)[nH]1. The van der Waals surface area contributed by atoms with E-state index < -0.39 is 10.0 Å². The van der Waals surface area contributed by atoms with Crippen LogP contribution in [0.5, 0.6) is 0 Å². The number of ether oxygens (including phenoxy) is 1. The van der Waals surface area contributed by atoms with Gasteiger partial charge >= 0.3 is 0 Å². The van der Waals surface area contributed by atoms with Crippen molar-refractivity contribution in [3.63, 3.8) is 0 Å². The number of nitrogens with one attached hydrogen (secondary N) is 2. The van der Waals surface area contributed by atoms with Gasteiger partial charge in [-0.05, 0) is 25.1 Å². The molecule has 2 N–H and O–H groups in total. The maximum atomic E-state index is 13.1. The van der Waals surface area contributed by atoms with Crippen LogP contribution in [-0.2, 0) is 19.6 Å². The van der Waals surface area contributed by atoms with Crippen LogP contribution in [0.3, 0.4) is 0 Å². The van der Waals surface area contributed by atoms with E-state index in [0.29, 0.717) is 43.4 Å². The maximum Gasteiger partial charge on any atom is 0.256 e. The summed E-state index contributed by atoms with van der Waals surface area (Å²) in [4.78, 5) is 19.8. The van der Waals surface area contributed by atoms with Gasteiger partial charge in [0.05, 0.1) is 29.4 Å². The molecule has 9 heteroatoms. The number of hydrogen-bond acceptors (Lipinski definition) is 5. The summed E-state index contributed by atoms with van der Waals surface area (Å²) >= 11 is 0. The van der Waals surface area contributed by atoms with Gasteiger partial charge in [-0.25, -0.2) is 13.4 Å². The second-order valence-corrected chi connectivity index (χ2v) is 8.07. The number of fused-ring (bicyclic) bond motifs is 1. The Hall–Kier alpha value is -2.49. The van der Waals surface area contributed by atoms with Crippen molar-refractivity contribution < 1.29 is 17.9 Å². The predicted molar refractivity (Wildman–Crippen MR) is 95.8 cm³/mol. The summed E-state index contributed by atoms with van der Waals surface area (Å²) < 4.78 is 32.9. The molecule has 0 atom stereocenters. The summed E-state index contributed by atoms with van der Waals surface area (Å²) in [6, 6.07) is 4.86. The maximum absolute atomic E-state index is 13.1. The zero-order chi connectivity index (χ0) is 18.3. The van der Waals surface area contributed by atoms with E-state index in [1.165, 1.54) is 10.4 Å². The molecular formula is C17H18N4O4S. The number of morpholine rings is 1. The highest BCUT2D eigenvalue weighted by atomic mass is 32.2. The molecule has 2 aliphatic heterocycles. The first-order valence-corrected chi connectivity index (χ1v) is 9.67. The Morgan fingerprint density at radius 3 is 2.73 bits per heavy atom. The molecule has 1 aromatic carbocycles. The van der Waals surface area contributed by atoms with E-state index in [-0.39, 0.29) is 16.4 Å². The van der Waals surface area contributed by atoms with Crippen molar-refractivity contribution in [3.8, 4) is 0 Å². The van der Waals surface area contributed by atoms with Gasteiger partial charge < -0.3 is 15.0 Å². The van der Waals surface area contributed by atoms with Gasteiger partial charge in [-0.2, -0.15) is 4.31 Å². The van der Waals surface area contributed by atoms with Crippen LogP contribution in [-0.4, -0.2) is 54.9 Å². The number of carbonyl (C=O) groups excluding carboxylic acids is 1. The smallest absolute Gasteiger partial charge is 0.256 e. The molecule has 3 heterocycles. The highest BCUT2D eigenvalue weighted by Gasteiger charge is 2.35. The molecule has 0 saturated carbocycles. The topological polar surface area (TPSA) is 104 Å². The summed E-state index contributed by atoms with van der Waals surface area (Å²) in [7, 11) is -3.74. The number of imidazole rings is 1. The van der Waals surface area contributed by atoms with Gasteiger partial charge in [0.25, 0.3) is 5.91 Å². The van der Waals surface area contributed by atoms with Crippen molar-refractivity contribution >= 4 is 33.3 Å². The minimum atomic E-state index is -3.74. The molecule has 8 nitrogen and oxygen atoms in total. The molecule has 0 spiro atoms. The Balaban J connectivity index is 1.84. The molecule has 136 valence electrons. The molecule has 4 rings (SSSR count). The first kappa shape index (κ1) is 17.0. The van der Waals surface area contributed by atoms with Gasteiger partial charge in [0.1, 0.15) is 5.82 Å². The van der Waals surface area contributed by atoms with Crippen LogP contribution in [0.25, 0.3) is 11.6 Å². The number of sulfonamides is 1. The third-order valence-electron chi connectivity index (χ3n) is 4.38. The Morgan fingerprint density at radius 2 is 2.04 bits per heavy atom. The molecule has 2 aliphatic rings. The fourth-order valence-electron chi connectivity index (χ4n) is 3.14. The van der Waals surface area contributed by atoms with Crippen LogP contribution < -0.4 is 5.32 Å². The molecule has 26 heavy (non-hydrogen) atoms. The number of rotatable bonds is 3. The fraction of sp³-hybridized carbons (Fsp3) is 0.294. The number of benzene rings is 1. The zero-order valence-electron chi connectivity index (χ0n) is 14.2. The van der Waals surface area contributed by atoms with E-state index in [9.17, 15) is 13.2 Å². The van der Waals surface area contributed by atoms with Crippen molar-refractivity contribution in [1.82, 2.24) is 14.3 Å². The molecule has 0 unspecified atom stereocenters. The number of nitrogens with zero attached hydrogens (tertiary/aromatic N) is 2. The van der Waals surface area contributed by atoms with E-state index in [1.807, 2.05) is 6.92 Å². The highest BCUT2D eigenvalue weighted by molar-refractivity contribution is 7.89. The molecular weight excluding hydrogens is 356 g/mol. The average Bonchev–Trinajstić information content (AvgIpc) is 3.19. The monoisotopic (exact) mass is 374 g/mol. The van der Waals surface area contributed by atoms with E-state index in [1.54, 1.807) is 24.4 Å². The number of H-pyrrole nitrogens is 1. The predicted octanol–water partition coefficient (Wildman–Crippen LogP) is 1.23. The number of aryl methyl sites for hydroxylation is 1. The van der Waals surface area contributed by atoms with Gasteiger partial charge in [0.15, 0.2) is 0 Å². The van der Waals surface area contributed by atoms with E-state index in [4.69, 9.17) is 4.74 Å². The molecule has 0 bridgehead atoms. The lowest BCUT2D eigenvalue weighted by molar-refractivity contribution is -0.110. The van der Waals surface area contributed by atoms with Crippen molar-refractivity contribution in [3.05, 3.63) is 41.5 Å². The van der Waals surface area contributed by atoms with Crippen LogP contribution >= 0.6 is 0 Å². The summed E-state index contributed by atoms with van der Waals surface area (Å²) in [6.07, 6.45) is 3.23. The van der Waals surface area contributed by atoms with Crippen LogP contribution in [0, 0.1) is 6.92 Å². The Morgan fingerprint density at radius 1 is 1.27 bits per heavy atom. The number of carbonyl (C=O) groups is 1. The molecule has 1 saturated heterocycles. The van der Waals surface area contributed by atoms with E-state index in [0.717, 1.165) is 5.69 Å². The Kier molecular flexibility index (Phi) is 4.14. The summed E-state index contributed by atoms with van der Waals surface area (Å²) in [6.45, 7) is 3.17. The average molecular weight is 374 g/mol. The zero-order valence-corrected chi connectivity index (χ0v) is 15.0. The molecule has 1 amide bonds. The quantitative estimate of drug-likeness (QED) is 0.787. The second-order valence-electron chi connectivity index (χ2n) is 6.16. The van der Waals surface area contributed by atoms with Crippen LogP contribution in [0.4, 0.5) is 5.69 Å². The number of amides is 1. The molecule has 1 fully saturated rings. The van der Waals surface area contributed by atoms with Crippen LogP contribution in [0.15, 0.2) is 29.3 Å². The molecule has 1 aromatic heterocycles. The Bertz CT molecular complexity index is 1000. The summed E-state index contributed by atoms with van der Waals surface area (Å²) in [5.74, 6) is 0.151. The first-order valence-electron chi connectivity index (χ1n) is 8.23. The number of aromatic nitrogens is 2. The van der Waals surface area contributed by atoms with E-state index >= 15 is 0 Å². The van der Waals surface area contributed by atoms with Gasteiger partial charge in [-0.3, -0.25) is 4.79 Å². The molecule has 0 aliphatic carbocycles. The molecule has 2 aromatic rings. The fourth-order valence-corrected chi connectivity index (χ4v) is 4.77. The standard InChI is InChI=1S/C17H18N4O4S/c1-11-10-18-15(19-11)9-12-16-13(20-17(12)22)3-2-4-14(16)26(23,24)21-5-7-25-8-6-21/h2-4,9-10H,5-8H2,1H3,(H,18,19)(H,20,22). The largest absolute Gasteiger partial charge is 0.379 e. The third kappa shape index (κ3) is 2.83. The summed E-state index contributed by atoms with van der Waals surface area (Å²) in [5.41, 5.74) is 2.00. The number of hydrogen-bond donors (Lipinski definition) is 2. The van der Waals surface area contributed by atoms with Gasteiger partial charge in [0.2, 0.25) is 10.0 Å². The first-order chi connectivity index (χ1) is 12.5. The number of aromatic amines is 1. The van der Waals surface area contributed by atoms with Crippen LogP contribution in [0.2, 0.25) is 0 Å². The second kappa shape index (κ2) is 6.35. The van der Waals surface area contributed by atoms with Crippen LogP contribution in [0.1, 0.15) is 17.1 Å². The molecule has 0 radical (unpaired) electrons. The van der Waals surface area contributed by atoms with E-state index in [2.05, 4.69) is 15.3 Å². The summed E-state index contributed by atoms with van der Waals surface area (Å²) in [5, 5.41) is 2.73. The minimum Gasteiger partial charge on any atom is -0.379 e. The van der Waals surface area contributed by atoms with Crippen molar-refractivity contribution in [1.29, 1.82) is 0 Å². The lowest BCUT2D eigenvalue weighted by atomic mass is 10.1. The lowest BCUT2D eigenvalue weighted by Crippen LogP contribution is -2.40. The Labute approximate surface area is 150 Å². The van der Waals surface area contributed by atoms with Gasteiger partial charge in [-0.15, -0.1) is 0 Å². The number of anilines is 1. The minimum absolute atomic E-state index is 0.116. The van der Waals surface area contributed by atoms with Gasteiger partial charge in [-0.1, -0.05) is 6.07 Å². The third-order valence-corrected chi connectivity index (χ3v) is 6.32. The van der Waals surface area contributed by atoms with Crippen molar-refractivity contribution in [2.75, 3.05) is 31.6 Å². The highest BCUT2D eigenvalue weighted by Crippen LogP contribution is 2.38.